The Morgan fingerprint density at radius 1 is 1.31 bits per heavy atom. The number of cyclic esters (lactones) is 1. The Hall–Kier alpha value is -1.06. The molecule has 0 aromatic heterocycles. The van der Waals surface area contributed by atoms with Gasteiger partial charge in [0.15, 0.2) is 0 Å². The molecule has 16 heavy (non-hydrogen) atoms. The summed E-state index contributed by atoms with van der Waals surface area (Å²) in [6, 6.07) is 0.0424. The summed E-state index contributed by atoms with van der Waals surface area (Å²) in [5.41, 5.74) is 0. The number of carbonyl (C=O) groups is 2. The minimum absolute atomic E-state index is 0.0424. The van der Waals surface area contributed by atoms with Gasteiger partial charge in [-0.05, 0) is 12.3 Å². The molecule has 1 saturated carbocycles. The fraction of sp³-hybridized carbons (Fsp3) is 0.833. The van der Waals surface area contributed by atoms with Crippen molar-refractivity contribution in [3.05, 3.63) is 0 Å². The molecule has 2 aliphatic rings. The predicted molar refractivity (Wildman–Crippen MR) is 59.1 cm³/mol. The van der Waals surface area contributed by atoms with Gasteiger partial charge in [0, 0.05) is 6.42 Å². The van der Waals surface area contributed by atoms with Gasteiger partial charge in [0.05, 0.1) is 6.04 Å². The molecule has 0 aromatic carbocycles. The molecule has 1 aliphatic heterocycles. The standard InChI is InChI=1S/C12H19NO3/c14-7-6-11-10(13-12(15)16-11)8-9-4-2-1-3-5-9/h7,9-11H,1-6,8H2,(H,13,15). The average molecular weight is 225 g/mol. The maximum absolute atomic E-state index is 11.1. The average Bonchev–Trinajstić information content (AvgIpc) is 2.61. The molecule has 2 fully saturated rings. The van der Waals surface area contributed by atoms with E-state index in [0.29, 0.717) is 12.3 Å². The van der Waals surface area contributed by atoms with Crippen LogP contribution in [0.5, 0.6) is 0 Å². The van der Waals surface area contributed by atoms with Gasteiger partial charge in [-0.2, -0.15) is 0 Å². The SMILES string of the molecule is O=CCC1OC(=O)NC1CC1CCCCC1. The molecule has 4 heteroatoms. The number of rotatable bonds is 4. The van der Waals surface area contributed by atoms with Crippen molar-refractivity contribution in [3.63, 3.8) is 0 Å². The second-order valence-corrected chi connectivity index (χ2v) is 4.84. The normalized spacial score (nSPS) is 30.9. The molecule has 0 spiro atoms. The van der Waals surface area contributed by atoms with E-state index in [9.17, 15) is 9.59 Å². The molecular formula is C12H19NO3. The summed E-state index contributed by atoms with van der Waals surface area (Å²) in [6.45, 7) is 0. The summed E-state index contributed by atoms with van der Waals surface area (Å²) in [4.78, 5) is 21.6. The van der Waals surface area contributed by atoms with Gasteiger partial charge in [-0.3, -0.25) is 0 Å². The molecule has 1 N–H and O–H groups in total. The van der Waals surface area contributed by atoms with Crippen molar-refractivity contribution in [1.82, 2.24) is 5.32 Å². The molecule has 1 amide bonds. The number of alkyl carbamates (subject to hydrolysis) is 1. The van der Waals surface area contributed by atoms with Crippen molar-refractivity contribution in [2.24, 2.45) is 5.92 Å². The number of hydrogen-bond donors (Lipinski definition) is 1. The first-order valence-electron chi connectivity index (χ1n) is 6.20. The van der Waals surface area contributed by atoms with E-state index in [0.717, 1.165) is 12.7 Å². The Labute approximate surface area is 95.7 Å². The third-order valence-electron chi connectivity index (χ3n) is 3.65. The minimum atomic E-state index is -0.368. The lowest BCUT2D eigenvalue weighted by Crippen LogP contribution is -2.34. The second-order valence-electron chi connectivity index (χ2n) is 4.84. The lowest BCUT2D eigenvalue weighted by atomic mass is 9.83. The summed E-state index contributed by atoms with van der Waals surface area (Å²) >= 11 is 0. The molecule has 2 rings (SSSR count). The summed E-state index contributed by atoms with van der Waals surface area (Å²) in [7, 11) is 0. The van der Waals surface area contributed by atoms with Crippen LogP contribution in [0.1, 0.15) is 44.9 Å². The maximum atomic E-state index is 11.1. The van der Waals surface area contributed by atoms with E-state index in [1.54, 1.807) is 0 Å². The zero-order valence-electron chi connectivity index (χ0n) is 9.48. The van der Waals surface area contributed by atoms with E-state index < -0.39 is 0 Å². The molecule has 2 atom stereocenters. The minimum Gasteiger partial charge on any atom is -0.444 e. The summed E-state index contributed by atoms with van der Waals surface area (Å²) in [5.74, 6) is 0.690. The van der Waals surface area contributed by atoms with E-state index >= 15 is 0 Å². The Morgan fingerprint density at radius 3 is 2.75 bits per heavy atom. The van der Waals surface area contributed by atoms with E-state index in [-0.39, 0.29) is 18.2 Å². The van der Waals surface area contributed by atoms with Crippen LogP contribution in [-0.4, -0.2) is 24.5 Å². The van der Waals surface area contributed by atoms with Crippen molar-refractivity contribution in [1.29, 1.82) is 0 Å². The van der Waals surface area contributed by atoms with Crippen molar-refractivity contribution in [2.75, 3.05) is 0 Å². The number of carbonyl (C=O) groups excluding carboxylic acids is 2. The lowest BCUT2D eigenvalue weighted by molar-refractivity contribution is -0.109. The van der Waals surface area contributed by atoms with Crippen LogP contribution >= 0.6 is 0 Å². The Balaban J connectivity index is 1.86. The number of ether oxygens (including phenoxy) is 1. The highest BCUT2D eigenvalue weighted by atomic mass is 16.6. The van der Waals surface area contributed by atoms with E-state index in [4.69, 9.17) is 4.74 Å². The quantitative estimate of drug-likeness (QED) is 0.745. The van der Waals surface area contributed by atoms with E-state index in [2.05, 4.69) is 5.32 Å². The molecule has 0 bridgehead atoms. The van der Waals surface area contributed by atoms with Crippen LogP contribution in [0.2, 0.25) is 0 Å². The first kappa shape index (κ1) is 11.4. The van der Waals surface area contributed by atoms with Crippen molar-refractivity contribution in [3.8, 4) is 0 Å². The molecule has 1 aliphatic carbocycles. The molecule has 2 unspecified atom stereocenters. The van der Waals surface area contributed by atoms with Crippen LogP contribution in [0.4, 0.5) is 4.79 Å². The highest BCUT2D eigenvalue weighted by Gasteiger charge is 2.35. The smallest absolute Gasteiger partial charge is 0.407 e. The van der Waals surface area contributed by atoms with Gasteiger partial charge in [0.25, 0.3) is 0 Å². The lowest BCUT2D eigenvalue weighted by Gasteiger charge is -2.25. The summed E-state index contributed by atoms with van der Waals surface area (Å²) < 4.78 is 5.07. The zero-order chi connectivity index (χ0) is 11.4. The molecule has 90 valence electrons. The zero-order valence-corrected chi connectivity index (χ0v) is 9.48. The molecule has 1 saturated heterocycles. The molecule has 0 radical (unpaired) electrons. The van der Waals surface area contributed by atoms with Crippen LogP contribution in [0, 0.1) is 5.92 Å². The van der Waals surface area contributed by atoms with Gasteiger partial charge in [-0.1, -0.05) is 32.1 Å². The van der Waals surface area contributed by atoms with Crippen LogP contribution < -0.4 is 5.32 Å². The fourth-order valence-corrected chi connectivity index (χ4v) is 2.80. The van der Waals surface area contributed by atoms with Crippen LogP contribution in [0.3, 0.4) is 0 Å². The Morgan fingerprint density at radius 2 is 2.06 bits per heavy atom. The Bertz CT molecular complexity index is 261. The highest BCUT2D eigenvalue weighted by molar-refractivity contribution is 5.71. The molecule has 1 heterocycles. The van der Waals surface area contributed by atoms with E-state index in [1.165, 1.54) is 32.1 Å². The third kappa shape index (κ3) is 2.74. The van der Waals surface area contributed by atoms with Gasteiger partial charge in [0.2, 0.25) is 0 Å². The largest absolute Gasteiger partial charge is 0.444 e. The molecule has 4 nitrogen and oxygen atoms in total. The highest BCUT2D eigenvalue weighted by Crippen LogP contribution is 2.29. The summed E-state index contributed by atoms with van der Waals surface area (Å²) in [5, 5.41) is 2.82. The van der Waals surface area contributed by atoms with Gasteiger partial charge in [-0.15, -0.1) is 0 Å². The number of amides is 1. The van der Waals surface area contributed by atoms with Crippen molar-refractivity contribution in [2.45, 2.75) is 57.1 Å². The van der Waals surface area contributed by atoms with Crippen LogP contribution in [0.25, 0.3) is 0 Å². The second kappa shape index (κ2) is 5.32. The maximum Gasteiger partial charge on any atom is 0.407 e. The van der Waals surface area contributed by atoms with Crippen LogP contribution in [-0.2, 0) is 9.53 Å². The molecule has 0 aromatic rings. The van der Waals surface area contributed by atoms with Gasteiger partial charge >= 0.3 is 6.09 Å². The first-order chi connectivity index (χ1) is 7.79. The molecular weight excluding hydrogens is 206 g/mol. The van der Waals surface area contributed by atoms with Crippen molar-refractivity contribution < 1.29 is 14.3 Å². The Kier molecular flexibility index (Phi) is 3.80. The number of aldehydes is 1. The van der Waals surface area contributed by atoms with Crippen molar-refractivity contribution >= 4 is 12.4 Å². The van der Waals surface area contributed by atoms with Crippen LogP contribution in [0.15, 0.2) is 0 Å². The number of nitrogens with one attached hydrogen (secondary N) is 1. The fourth-order valence-electron chi connectivity index (χ4n) is 2.80. The first-order valence-corrected chi connectivity index (χ1v) is 6.20. The number of hydrogen-bond acceptors (Lipinski definition) is 3. The van der Waals surface area contributed by atoms with Gasteiger partial charge < -0.3 is 14.8 Å². The topological polar surface area (TPSA) is 55.4 Å². The monoisotopic (exact) mass is 225 g/mol. The van der Waals surface area contributed by atoms with Gasteiger partial charge in [-0.25, -0.2) is 4.79 Å². The van der Waals surface area contributed by atoms with E-state index in [1.807, 2.05) is 0 Å². The third-order valence-corrected chi connectivity index (χ3v) is 3.65. The summed E-state index contributed by atoms with van der Waals surface area (Å²) in [6.07, 6.45) is 7.93. The van der Waals surface area contributed by atoms with Gasteiger partial charge in [0.1, 0.15) is 12.4 Å². The predicted octanol–water partition coefficient (Wildman–Crippen LogP) is 2.02.